The standard InChI is InChI=1S/C17H25N3O2/c1-12-6-5-7-16(13(12)2)19-8-10-20(11-9-19)17(22)14(3)18-15(4)21/h5-7,14H,8-11H2,1-4H3,(H,18,21). The number of hydrogen-bond donors (Lipinski definition) is 1. The van der Waals surface area contributed by atoms with Crippen LogP contribution in [0.25, 0.3) is 0 Å². The molecule has 5 heteroatoms. The molecular weight excluding hydrogens is 278 g/mol. The van der Waals surface area contributed by atoms with Crippen LogP contribution in [-0.4, -0.2) is 48.9 Å². The summed E-state index contributed by atoms with van der Waals surface area (Å²) in [6, 6.07) is 5.88. The molecule has 1 fully saturated rings. The number of amides is 2. The average Bonchev–Trinajstić information content (AvgIpc) is 2.49. The molecule has 1 aliphatic heterocycles. The van der Waals surface area contributed by atoms with Crippen LogP contribution in [0.3, 0.4) is 0 Å². The van der Waals surface area contributed by atoms with Gasteiger partial charge in [-0.1, -0.05) is 12.1 Å². The Bertz CT molecular complexity index is 563. The molecule has 1 atom stereocenters. The van der Waals surface area contributed by atoms with E-state index in [4.69, 9.17) is 0 Å². The van der Waals surface area contributed by atoms with E-state index >= 15 is 0 Å². The van der Waals surface area contributed by atoms with Crippen LogP contribution in [0.4, 0.5) is 5.69 Å². The maximum atomic E-state index is 12.3. The minimum absolute atomic E-state index is 0.00388. The highest BCUT2D eigenvalue weighted by Gasteiger charge is 2.25. The van der Waals surface area contributed by atoms with Crippen molar-refractivity contribution < 1.29 is 9.59 Å². The Kier molecular flexibility index (Phi) is 5.06. The summed E-state index contributed by atoms with van der Waals surface area (Å²) in [6.45, 7) is 10.5. The number of rotatable bonds is 3. The molecule has 22 heavy (non-hydrogen) atoms. The summed E-state index contributed by atoms with van der Waals surface area (Å²) in [7, 11) is 0. The third-order valence-corrected chi connectivity index (χ3v) is 4.30. The van der Waals surface area contributed by atoms with Gasteiger partial charge in [0, 0.05) is 38.8 Å². The van der Waals surface area contributed by atoms with E-state index in [1.807, 2.05) is 4.90 Å². The highest BCUT2D eigenvalue weighted by atomic mass is 16.2. The second-order valence-electron chi connectivity index (χ2n) is 5.95. The maximum Gasteiger partial charge on any atom is 0.244 e. The van der Waals surface area contributed by atoms with Crippen molar-refractivity contribution in [2.45, 2.75) is 33.7 Å². The predicted octanol–water partition coefficient (Wildman–Crippen LogP) is 1.48. The predicted molar refractivity (Wildman–Crippen MR) is 88.0 cm³/mol. The lowest BCUT2D eigenvalue weighted by molar-refractivity contribution is -0.135. The number of benzene rings is 1. The Morgan fingerprint density at radius 2 is 1.77 bits per heavy atom. The van der Waals surface area contributed by atoms with Gasteiger partial charge >= 0.3 is 0 Å². The van der Waals surface area contributed by atoms with Crippen molar-refractivity contribution in [2.75, 3.05) is 31.1 Å². The van der Waals surface area contributed by atoms with Gasteiger partial charge < -0.3 is 15.1 Å². The van der Waals surface area contributed by atoms with Crippen molar-refractivity contribution in [3.05, 3.63) is 29.3 Å². The monoisotopic (exact) mass is 303 g/mol. The second-order valence-corrected chi connectivity index (χ2v) is 5.95. The summed E-state index contributed by atoms with van der Waals surface area (Å²) in [5.74, 6) is -0.175. The van der Waals surface area contributed by atoms with Gasteiger partial charge in [-0.15, -0.1) is 0 Å². The van der Waals surface area contributed by atoms with E-state index in [0.29, 0.717) is 13.1 Å². The van der Waals surface area contributed by atoms with Crippen molar-refractivity contribution in [1.29, 1.82) is 0 Å². The van der Waals surface area contributed by atoms with Gasteiger partial charge in [0.1, 0.15) is 6.04 Å². The van der Waals surface area contributed by atoms with Gasteiger partial charge in [-0.3, -0.25) is 9.59 Å². The van der Waals surface area contributed by atoms with Gasteiger partial charge in [-0.2, -0.15) is 0 Å². The molecule has 0 aliphatic carbocycles. The normalized spacial score (nSPS) is 16.4. The smallest absolute Gasteiger partial charge is 0.244 e. The van der Waals surface area contributed by atoms with E-state index < -0.39 is 6.04 Å². The fraction of sp³-hybridized carbons (Fsp3) is 0.529. The second kappa shape index (κ2) is 6.81. The van der Waals surface area contributed by atoms with Crippen molar-refractivity contribution in [3.63, 3.8) is 0 Å². The first-order chi connectivity index (χ1) is 10.4. The fourth-order valence-electron chi connectivity index (χ4n) is 2.89. The molecule has 2 amide bonds. The minimum atomic E-state index is -0.454. The molecule has 5 nitrogen and oxygen atoms in total. The van der Waals surface area contributed by atoms with E-state index in [1.54, 1.807) is 6.92 Å². The molecule has 1 unspecified atom stereocenters. The summed E-state index contributed by atoms with van der Waals surface area (Å²) in [5.41, 5.74) is 3.84. The van der Waals surface area contributed by atoms with Crippen LogP contribution in [-0.2, 0) is 9.59 Å². The molecule has 1 aromatic rings. The van der Waals surface area contributed by atoms with Gasteiger partial charge in [0.25, 0.3) is 0 Å². The van der Waals surface area contributed by atoms with Crippen LogP contribution in [0.5, 0.6) is 0 Å². The first-order valence-corrected chi connectivity index (χ1v) is 7.77. The number of aryl methyl sites for hydroxylation is 1. The van der Waals surface area contributed by atoms with E-state index in [9.17, 15) is 9.59 Å². The molecule has 120 valence electrons. The number of anilines is 1. The largest absolute Gasteiger partial charge is 0.368 e. The molecule has 1 N–H and O–H groups in total. The number of hydrogen-bond acceptors (Lipinski definition) is 3. The van der Waals surface area contributed by atoms with Gasteiger partial charge in [-0.25, -0.2) is 0 Å². The van der Waals surface area contributed by atoms with Crippen LogP contribution < -0.4 is 10.2 Å². The van der Waals surface area contributed by atoms with Crippen LogP contribution in [0.15, 0.2) is 18.2 Å². The molecule has 0 aromatic heterocycles. The van der Waals surface area contributed by atoms with Crippen LogP contribution in [0.1, 0.15) is 25.0 Å². The molecule has 2 rings (SSSR count). The van der Waals surface area contributed by atoms with Gasteiger partial charge in [0.05, 0.1) is 0 Å². The van der Waals surface area contributed by atoms with E-state index in [0.717, 1.165) is 13.1 Å². The lowest BCUT2D eigenvalue weighted by Crippen LogP contribution is -2.54. The van der Waals surface area contributed by atoms with Crippen LogP contribution in [0.2, 0.25) is 0 Å². The SMILES string of the molecule is CC(=O)NC(C)C(=O)N1CCN(c2cccc(C)c2C)CC1. The Morgan fingerprint density at radius 1 is 1.14 bits per heavy atom. The van der Waals surface area contributed by atoms with Crippen LogP contribution >= 0.6 is 0 Å². The zero-order valence-electron chi connectivity index (χ0n) is 13.8. The Morgan fingerprint density at radius 3 is 2.36 bits per heavy atom. The lowest BCUT2D eigenvalue weighted by atomic mass is 10.1. The summed E-state index contributed by atoms with van der Waals surface area (Å²) in [4.78, 5) is 27.5. The highest BCUT2D eigenvalue weighted by molar-refractivity contribution is 5.86. The topological polar surface area (TPSA) is 52.7 Å². The molecule has 0 radical (unpaired) electrons. The van der Waals surface area contributed by atoms with Crippen molar-refractivity contribution in [3.8, 4) is 0 Å². The molecule has 0 bridgehead atoms. The Hall–Kier alpha value is -2.04. The molecule has 0 saturated carbocycles. The minimum Gasteiger partial charge on any atom is -0.368 e. The number of piperazine rings is 1. The fourth-order valence-corrected chi connectivity index (χ4v) is 2.89. The van der Waals surface area contributed by atoms with Crippen molar-refractivity contribution in [2.24, 2.45) is 0 Å². The molecule has 1 aliphatic rings. The Labute approximate surface area is 132 Å². The lowest BCUT2D eigenvalue weighted by Gasteiger charge is -2.38. The van der Waals surface area contributed by atoms with E-state index in [-0.39, 0.29) is 11.8 Å². The number of carbonyl (C=O) groups excluding carboxylic acids is 2. The highest BCUT2D eigenvalue weighted by Crippen LogP contribution is 2.23. The van der Waals surface area contributed by atoms with E-state index in [2.05, 4.69) is 42.3 Å². The zero-order valence-corrected chi connectivity index (χ0v) is 13.8. The summed E-state index contributed by atoms with van der Waals surface area (Å²) in [6.07, 6.45) is 0. The average molecular weight is 303 g/mol. The van der Waals surface area contributed by atoms with Crippen molar-refractivity contribution in [1.82, 2.24) is 10.2 Å². The number of carbonyl (C=O) groups is 2. The maximum absolute atomic E-state index is 12.3. The molecule has 1 aromatic carbocycles. The molecular formula is C17H25N3O2. The van der Waals surface area contributed by atoms with Crippen LogP contribution in [0, 0.1) is 13.8 Å². The third-order valence-electron chi connectivity index (χ3n) is 4.30. The summed E-state index contributed by atoms with van der Waals surface area (Å²) < 4.78 is 0. The molecule has 0 spiro atoms. The first-order valence-electron chi connectivity index (χ1n) is 7.77. The van der Waals surface area contributed by atoms with Gasteiger partial charge in [0.15, 0.2) is 0 Å². The number of nitrogens with one attached hydrogen (secondary N) is 1. The zero-order chi connectivity index (χ0) is 16.3. The van der Waals surface area contributed by atoms with Gasteiger partial charge in [0.2, 0.25) is 11.8 Å². The molecule has 1 heterocycles. The molecule has 1 saturated heterocycles. The third kappa shape index (κ3) is 3.59. The van der Waals surface area contributed by atoms with Crippen molar-refractivity contribution >= 4 is 17.5 Å². The van der Waals surface area contributed by atoms with E-state index in [1.165, 1.54) is 23.7 Å². The summed E-state index contributed by atoms with van der Waals surface area (Å²) in [5, 5.41) is 2.66. The van der Waals surface area contributed by atoms with Gasteiger partial charge in [-0.05, 0) is 38.0 Å². The summed E-state index contributed by atoms with van der Waals surface area (Å²) >= 11 is 0. The Balaban J connectivity index is 1.97. The first kappa shape index (κ1) is 16.3. The quantitative estimate of drug-likeness (QED) is 0.920. The number of nitrogens with zero attached hydrogens (tertiary/aromatic N) is 2.